The van der Waals surface area contributed by atoms with E-state index in [2.05, 4.69) is 4.98 Å². The Bertz CT molecular complexity index is 787. The zero-order valence-corrected chi connectivity index (χ0v) is 12.8. The van der Waals surface area contributed by atoms with Crippen molar-refractivity contribution < 1.29 is 17.2 Å². The van der Waals surface area contributed by atoms with E-state index in [0.717, 1.165) is 14.5 Å². The Labute approximate surface area is 124 Å². The maximum absolute atomic E-state index is 12.4. The number of fused-ring (bicyclic) bond motifs is 1. The maximum atomic E-state index is 12.4. The van der Waals surface area contributed by atoms with Crippen LogP contribution in [-0.4, -0.2) is 47.7 Å². The molecule has 2 rings (SSSR count). The lowest BCUT2D eigenvalue weighted by Crippen LogP contribution is -2.30. The molecule has 0 radical (unpaired) electrons. The van der Waals surface area contributed by atoms with Crippen molar-refractivity contribution in [2.45, 2.75) is 10.7 Å². The van der Waals surface area contributed by atoms with Crippen LogP contribution in [0.1, 0.15) is 5.82 Å². The summed E-state index contributed by atoms with van der Waals surface area (Å²) in [6.07, 6.45) is 0.807. The van der Waals surface area contributed by atoms with Crippen LogP contribution in [0.3, 0.4) is 0 Å². The maximum Gasteiger partial charge on any atom is 0.309 e. The SMILES string of the molecule is CN(C)S(=O)(=O)n1c(C=N)nc2cc(SC(F)F)ccc21. The molecule has 2 aromatic rings. The highest BCUT2D eigenvalue weighted by Crippen LogP contribution is 2.29. The standard InChI is InChI=1S/C11H12F2N4O2S2/c1-16(2)21(18,19)17-9-4-3-7(20-11(12)13)5-8(9)15-10(17)6-14/h3-6,11,14H,1-2H3. The first-order valence-electron chi connectivity index (χ1n) is 5.68. The van der Waals surface area contributed by atoms with Gasteiger partial charge in [-0.25, -0.2) is 8.96 Å². The van der Waals surface area contributed by atoms with Crippen LogP contribution < -0.4 is 0 Å². The van der Waals surface area contributed by atoms with Crippen molar-refractivity contribution in [2.24, 2.45) is 0 Å². The molecule has 0 unspecified atom stereocenters. The van der Waals surface area contributed by atoms with Gasteiger partial charge in [0, 0.05) is 19.0 Å². The van der Waals surface area contributed by atoms with Crippen LogP contribution in [0.25, 0.3) is 11.0 Å². The minimum Gasteiger partial charge on any atom is -0.305 e. The minimum absolute atomic E-state index is 0.0853. The molecule has 0 aliphatic rings. The molecule has 1 heterocycles. The fourth-order valence-corrected chi connectivity index (χ4v) is 3.32. The summed E-state index contributed by atoms with van der Waals surface area (Å²) in [7, 11) is -1.14. The number of nitrogens with one attached hydrogen (secondary N) is 1. The summed E-state index contributed by atoms with van der Waals surface area (Å²) in [6.45, 7) is 0. The van der Waals surface area contributed by atoms with E-state index in [1.807, 2.05) is 0 Å². The smallest absolute Gasteiger partial charge is 0.305 e. The Morgan fingerprint density at radius 1 is 1.43 bits per heavy atom. The van der Waals surface area contributed by atoms with Gasteiger partial charge < -0.3 is 5.41 Å². The molecule has 0 spiro atoms. The van der Waals surface area contributed by atoms with Crippen LogP contribution in [0.4, 0.5) is 8.78 Å². The van der Waals surface area contributed by atoms with E-state index in [4.69, 9.17) is 5.41 Å². The molecule has 1 N–H and O–H groups in total. The Kier molecular flexibility index (Phi) is 4.30. The number of alkyl halides is 2. The Balaban J connectivity index is 2.69. The van der Waals surface area contributed by atoms with Crippen LogP contribution in [-0.2, 0) is 10.2 Å². The van der Waals surface area contributed by atoms with Crippen LogP contribution in [0, 0.1) is 5.41 Å². The van der Waals surface area contributed by atoms with E-state index < -0.39 is 16.0 Å². The molecule has 0 saturated heterocycles. The van der Waals surface area contributed by atoms with Crippen molar-refractivity contribution in [1.29, 1.82) is 5.41 Å². The number of benzene rings is 1. The number of hydrogen-bond donors (Lipinski definition) is 1. The monoisotopic (exact) mass is 334 g/mol. The molecule has 114 valence electrons. The highest BCUT2D eigenvalue weighted by molar-refractivity contribution is 7.99. The fraction of sp³-hybridized carbons (Fsp3) is 0.273. The molecule has 21 heavy (non-hydrogen) atoms. The third kappa shape index (κ3) is 2.92. The van der Waals surface area contributed by atoms with Gasteiger partial charge in [-0.2, -0.15) is 21.5 Å². The lowest BCUT2D eigenvalue weighted by molar-refractivity contribution is 0.252. The molecular formula is C11H12F2N4O2S2. The third-order valence-electron chi connectivity index (χ3n) is 2.66. The zero-order chi connectivity index (χ0) is 15.8. The van der Waals surface area contributed by atoms with Gasteiger partial charge in [-0.1, -0.05) is 11.8 Å². The van der Waals surface area contributed by atoms with Crippen LogP contribution in [0.15, 0.2) is 23.1 Å². The van der Waals surface area contributed by atoms with Gasteiger partial charge in [-0.3, -0.25) is 0 Å². The second-order valence-electron chi connectivity index (χ2n) is 4.20. The number of imidazole rings is 1. The van der Waals surface area contributed by atoms with Crippen LogP contribution >= 0.6 is 11.8 Å². The van der Waals surface area contributed by atoms with Gasteiger partial charge in [0.15, 0.2) is 5.82 Å². The molecule has 0 aliphatic heterocycles. The molecule has 1 aromatic carbocycles. The van der Waals surface area contributed by atoms with E-state index >= 15 is 0 Å². The van der Waals surface area contributed by atoms with Gasteiger partial charge in [0.05, 0.1) is 17.2 Å². The number of aromatic nitrogens is 2. The second-order valence-corrected chi connectivity index (χ2v) is 7.25. The fourth-order valence-electron chi connectivity index (χ4n) is 1.73. The number of hydrogen-bond acceptors (Lipinski definition) is 5. The summed E-state index contributed by atoms with van der Waals surface area (Å²) in [5.74, 6) is -2.66. The summed E-state index contributed by atoms with van der Waals surface area (Å²) >= 11 is 0.350. The highest BCUT2D eigenvalue weighted by atomic mass is 32.2. The Morgan fingerprint density at radius 2 is 2.10 bits per heavy atom. The lowest BCUT2D eigenvalue weighted by Gasteiger charge is -2.14. The molecular weight excluding hydrogens is 322 g/mol. The quantitative estimate of drug-likeness (QED) is 0.670. The van der Waals surface area contributed by atoms with E-state index in [0.29, 0.717) is 11.8 Å². The van der Waals surface area contributed by atoms with Gasteiger partial charge >= 0.3 is 10.2 Å². The van der Waals surface area contributed by atoms with Crippen molar-refractivity contribution in [3.05, 3.63) is 24.0 Å². The normalized spacial score (nSPS) is 12.5. The average Bonchev–Trinajstić information content (AvgIpc) is 2.75. The summed E-state index contributed by atoms with van der Waals surface area (Å²) in [5.41, 5.74) is 0.477. The lowest BCUT2D eigenvalue weighted by atomic mass is 10.3. The molecule has 0 saturated carbocycles. The minimum atomic E-state index is -3.86. The first-order chi connectivity index (χ1) is 9.77. The second kappa shape index (κ2) is 5.70. The molecule has 10 heteroatoms. The highest BCUT2D eigenvalue weighted by Gasteiger charge is 2.23. The molecule has 0 atom stereocenters. The van der Waals surface area contributed by atoms with E-state index in [1.54, 1.807) is 0 Å². The molecule has 1 aromatic heterocycles. The van der Waals surface area contributed by atoms with Gasteiger partial charge in [0.25, 0.3) is 5.76 Å². The van der Waals surface area contributed by atoms with Gasteiger partial charge in [-0.05, 0) is 18.2 Å². The average molecular weight is 334 g/mol. The predicted octanol–water partition coefficient (Wildman–Crippen LogP) is 2.00. The van der Waals surface area contributed by atoms with E-state index in [1.165, 1.54) is 32.3 Å². The largest absolute Gasteiger partial charge is 0.309 e. The molecule has 0 amide bonds. The topological polar surface area (TPSA) is 79.0 Å². The summed E-state index contributed by atoms with van der Waals surface area (Å²) < 4.78 is 51.2. The van der Waals surface area contributed by atoms with Gasteiger partial charge in [-0.15, -0.1) is 0 Å². The number of rotatable bonds is 5. The van der Waals surface area contributed by atoms with Gasteiger partial charge in [0.1, 0.15) is 0 Å². The zero-order valence-electron chi connectivity index (χ0n) is 11.1. The third-order valence-corrected chi connectivity index (χ3v) is 5.13. The summed E-state index contributed by atoms with van der Waals surface area (Å²) in [5, 5.41) is 7.29. The first kappa shape index (κ1) is 15.9. The molecule has 6 nitrogen and oxygen atoms in total. The van der Waals surface area contributed by atoms with Crippen molar-refractivity contribution in [3.63, 3.8) is 0 Å². The molecule has 0 aliphatic carbocycles. The van der Waals surface area contributed by atoms with Crippen molar-refractivity contribution >= 4 is 39.2 Å². The number of halogens is 2. The first-order valence-corrected chi connectivity index (χ1v) is 7.96. The number of nitrogens with zero attached hydrogens (tertiary/aromatic N) is 3. The summed E-state index contributed by atoms with van der Waals surface area (Å²) in [6, 6.07) is 4.18. The van der Waals surface area contributed by atoms with E-state index in [9.17, 15) is 17.2 Å². The molecule has 0 fully saturated rings. The van der Waals surface area contributed by atoms with Crippen molar-refractivity contribution in [1.82, 2.24) is 13.3 Å². The Morgan fingerprint density at radius 3 is 2.62 bits per heavy atom. The van der Waals surface area contributed by atoms with Crippen molar-refractivity contribution in [2.75, 3.05) is 14.1 Å². The molecule has 0 bridgehead atoms. The van der Waals surface area contributed by atoms with E-state index in [-0.39, 0.29) is 21.8 Å². The van der Waals surface area contributed by atoms with Crippen molar-refractivity contribution in [3.8, 4) is 0 Å². The predicted molar refractivity (Wildman–Crippen MR) is 77.5 cm³/mol. The summed E-state index contributed by atoms with van der Waals surface area (Å²) in [4.78, 5) is 4.28. The van der Waals surface area contributed by atoms with Crippen LogP contribution in [0.5, 0.6) is 0 Å². The van der Waals surface area contributed by atoms with Gasteiger partial charge in [0.2, 0.25) is 0 Å². The number of thioether (sulfide) groups is 1. The Hall–Kier alpha value is -1.52. The van der Waals surface area contributed by atoms with Crippen LogP contribution in [0.2, 0.25) is 0 Å².